The van der Waals surface area contributed by atoms with Gasteiger partial charge < -0.3 is 4.98 Å². The second kappa shape index (κ2) is 3.76. The van der Waals surface area contributed by atoms with Crippen LogP contribution in [0.4, 0.5) is 0 Å². The molecular weight excluding hydrogens is 264 g/mol. The Morgan fingerprint density at radius 3 is 3.05 bits per heavy atom. The summed E-state index contributed by atoms with van der Waals surface area (Å²) in [4.78, 5) is 15.4. The van der Waals surface area contributed by atoms with Crippen LogP contribution in [0.1, 0.15) is 0 Å². The third kappa shape index (κ3) is 1.50. The molecule has 0 amide bonds. The predicted octanol–water partition coefficient (Wildman–Crippen LogP) is 2.32. The first-order chi connectivity index (χ1) is 9.33. The van der Waals surface area contributed by atoms with E-state index in [4.69, 9.17) is 11.6 Å². The van der Waals surface area contributed by atoms with Crippen molar-refractivity contribution in [2.24, 2.45) is 0 Å². The minimum absolute atomic E-state index is 0.480. The molecule has 4 aromatic rings. The monoisotopic (exact) mass is 270 g/mol. The first-order valence-electron chi connectivity index (χ1n) is 5.61. The summed E-state index contributed by atoms with van der Waals surface area (Å²) in [6.07, 6.45) is 6.70. The lowest BCUT2D eigenvalue weighted by Crippen LogP contribution is -1.94. The van der Waals surface area contributed by atoms with E-state index >= 15 is 0 Å². The van der Waals surface area contributed by atoms with Gasteiger partial charge in [0.1, 0.15) is 12.0 Å². The Hall–Kier alpha value is -2.47. The molecule has 4 rings (SSSR count). The number of aromatic amines is 1. The van der Waals surface area contributed by atoms with Crippen molar-refractivity contribution in [3.8, 4) is 11.3 Å². The van der Waals surface area contributed by atoms with Crippen molar-refractivity contribution in [1.82, 2.24) is 29.5 Å². The number of halogens is 1. The van der Waals surface area contributed by atoms with Crippen molar-refractivity contribution in [1.29, 1.82) is 0 Å². The number of aromatic nitrogens is 6. The summed E-state index contributed by atoms with van der Waals surface area (Å²) in [5.74, 6) is 0. The number of imidazole rings is 1. The highest BCUT2D eigenvalue weighted by molar-refractivity contribution is 6.29. The summed E-state index contributed by atoms with van der Waals surface area (Å²) in [5, 5.41) is 5.88. The van der Waals surface area contributed by atoms with Gasteiger partial charge in [0.2, 0.25) is 0 Å². The molecule has 0 saturated carbocycles. The van der Waals surface area contributed by atoms with Gasteiger partial charge in [-0.05, 0) is 12.1 Å². The summed E-state index contributed by atoms with van der Waals surface area (Å²) in [7, 11) is 0. The number of nitrogens with one attached hydrogen (secondary N) is 1. The largest absolute Gasteiger partial charge is 0.345 e. The van der Waals surface area contributed by atoms with Gasteiger partial charge in [-0.2, -0.15) is 5.10 Å². The van der Waals surface area contributed by atoms with E-state index in [1.807, 2.05) is 18.3 Å². The van der Waals surface area contributed by atoms with Crippen LogP contribution in [0.5, 0.6) is 0 Å². The maximum Gasteiger partial charge on any atom is 0.155 e. The molecule has 0 aliphatic heterocycles. The maximum absolute atomic E-state index is 6.03. The van der Waals surface area contributed by atoms with Crippen molar-refractivity contribution in [3.63, 3.8) is 0 Å². The molecular formula is C12H7ClN6. The quantitative estimate of drug-likeness (QED) is 0.576. The number of rotatable bonds is 1. The van der Waals surface area contributed by atoms with E-state index in [-0.39, 0.29) is 0 Å². The Kier molecular flexibility index (Phi) is 2.07. The second-order valence-corrected chi connectivity index (χ2v) is 4.44. The zero-order valence-electron chi connectivity index (χ0n) is 9.58. The van der Waals surface area contributed by atoms with Gasteiger partial charge in [-0.25, -0.2) is 19.5 Å². The van der Waals surface area contributed by atoms with Crippen LogP contribution in [-0.2, 0) is 0 Å². The average Bonchev–Trinajstić information content (AvgIpc) is 3.03. The van der Waals surface area contributed by atoms with Crippen LogP contribution in [0.25, 0.3) is 27.9 Å². The SMILES string of the molecule is Clc1cnc2ccc(-c3c[nH]c4ncncc34)nn12. The van der Waals surface area contributed by atoms with Gasteiger partial charge in [-0.3, -0.25) is 0 Å². The van der Waals surface area contributed by atoms with Crippen molar-refractivity contribution < 1.29 is 0 Å². The first kappa shape index (κ1) is 10.5. The molecule has 6 nitrogen and oxygen atoms in total. The smallest absolute Gasteiger partial charge is 0.155 e. The van der Waals surface area contributed by atoms with E-state index in [2.05, 4.69) is 25.0 Å². The molecule has 7 heteroatoms. The summed E-state index contributed by atoms with van der Waals surface area (Å²) in [6.45, 7) is 0. The lowest BCUT2D eigenvalue weighted by atomic mass is 10.2. The Bertz CT molecular complexity index is 893. The standard InChI is InChI=1S/C12H7ClN6/c13-10-5-15-11-2-1-9(18-19(10)11)7-4-16-12-8(7)3-14-6-17-12/h1-6H,(H,14,16,17). The highest BCUT2D eigenvalue weighted by Crippen LogP contribution is 2.25. The highest BCUT2D eigenvalue weighted by Gasteiger charge is 2.10. The summed E-state index contributed by atoms with van der Waals surface area (Å²) in [5.41, 5.74) is 3.21. The van der Waals surface area contributed by atoms with Gasteiger partial charge in [0.05, 0.1) is 11.9 Å². The number of H-pyrrole nitrogens is 1. The van der Waals surface area contributed by atoms with Gasteiger partial charge in [0.15, 0.2) is 10.8 Å². The lowest BCUT2D eigenvalue weighted by Gasteiger charge is -2.00. The predicted molar refractivity (Wildman–Crippen MR) is 70.9 cm³/mol. The topological polar surface area (TPSA) is 71.8 Å². The fourth-order valence-electron chi connectivity index (χ4n) is 2.06. The van der Waals surface area contributed by atoms with Crippen molar-refractivity contribution in [2.75, 3.05) is 0 Å². The summed E-state index contributed by atoms with van der Waals surface area (Å²) in [6, 6.07) is 3.77. The average molecular weight is 271 g/mol. The Balaban J connectivity index is 2.01. The molecule has 0 unspecified atom stereocenters. The van der Waals surface area contributed by atoms with E-state index in [0.717, 1.165) is 22.3 Å². The van der Waals surface area contributed by atoms with E-state index in [9.17, 15) is 0 Å². The lowest BCUT2D eigenvalue weighted by molar-refractivity contribution is 0.944. The molecule has 0 atom stereocenters. The van der Waals surface area contributed by atoms with Crippen molar-refractivity contribution >= 4 is 28.3 Å². The minimum atomic E-state index is 0.480. The van der Waals surface area contributed by atoms with Crippen LogP contribution < -0.4 is 0 Å². The van der Waals surface area contributed by atoms with Gasteiger partial charge in [-0.15, -0.1) is 0 Å². The van der Waals surface area contributed by atoms with Gasteiger partial charge in [-0.1, -0.05) is 11.6 Å². The Morgan fingerprint density at radius 2 is 2.11 bits per heavy atom. The van der Waals surface area contributed by atoms with E-state index in [1.165, 1.54) is 6.33 Å². The zero-order valence-corrected chi connectivity index (χ0v) is 10.3. The fraction of sp³-hybridized carbons (Fsp3) is 0. The molecule has 4 heterocycles. The number of hydrogen-bond donors (Lipinski definition) is 1. The third-order valence-electron chi connectivity index (χ3n) is 2.95. The van der Waals surface area contributed by atoms with Crippen LogP contribution >= 0.6 is 11.6 Å². The minimum Gasteiger partial charge on any atom is -0.345 e. The molecule has 92 valence electrons. The third-order valence-corrected chi connectivity index (χ3v) is 3.21. The molecule has 0 fully saturated rings. The van der Waals surface area contributed by atoms with Crippen molar-refractivity contribution in [3.05, 3.63) is 42.2 Å². The van der Waals surface area contributed by atoms with Gasteiger partial charge in [0.25, 0.3) is 0 Å². The number of nitrogens with zero attached hydrogens (tertiary/aromatic N) is 5. The zero-order chi connectivity index (χ0) is 12.8. The summed E-state index contributed by atoms with van der Waals surface area (Å²) >= 11 is 6.03. The molecule has 19 heavy (non-hydrogen) atoms. The van der Waals surface area contributed by atoms with Crippen LogP contribution in [0.3, 0.4) is 0 Å². The highest BCUT2D eigenvalue weighted by atomic mass is 35.5. The van der Waals surface area contributed by atoms with Gasteiger partial charge >= 0.3 is 0 Å². The first-order valence-corrected chi connectivity index (χ1v) is 5.98. The Labute approximate surface area is 112 Å². The van der Waals surface area contributed by atoms with Crippen LogP contribution in [0.15, 0.2) is 37.1 Å². The molecule has 0 bridgehead atoms. The van der Waals surface area contributed by atoms with Crippen LogP contribution in [0, 0.1) is 0 Å². The molecule has 0 aromatic carbocycles. The molecule has 0 spiro atoms. The molecule has 1 N–H and O–H groups in total. The molecule has 0 aliphatic rings. The fourth-order valence-corrected chi connectivity index (χ4v) is 2.23. The van der Waals surface area contributed by atoms with E-state index < -0.39 is 0 Å². The molecule has 0 aliphatic carbocycles. The van der Waals surface area contributed by atoms with Gasteiger partial charge in [0, 0.05) is 23.3 Å². The molecule has 0 radical (unpaired) electrons. The molecule has 4 aromatic heterocycles. The maximum atomic E-state index is 6.03. The van der Waals surface area contributed by atoms with E-state index in [1.54, 1.807) is 16.9 Å². The Morgan fingerprint density at radius 1 is 1.16 bits per heavy atom. The summed E-state index contributed by atoms with van der Waals surface area (Å²) < 4.78 is 1.60. The van der Waals surface area contributed by atoms with E-state index in [0.29, 0.717) is 10.8 Å². The second-order valence-electron chi connectivity index (χ2n) is 4.06. The number of hydrogen-bond acceptors (Lipinski definition) is 4. The number of fused-ring (bicyclic) bond motifs is 2. The van der Waals surface area contributed by atoms with Crippen LogP contribution in [0.2, 0.25) is 5.15 Å². The van der Waals surface area contributed by atoms with Crippen molar-refractivity contribution in [2.45, 2.75) is 0 Å². The normalized spacial score (nSPS) is 11.4. The van der Waals surface area contributed by atoms with Crippen LogP contribution in [-0.4, -0.2) is 29.5 Å². The molecule has 0 saturated heterocycles.